The summed E-state index contributed by atoms with van der Waals surface area (Å²) in [6.07, 6.45) is 15.2. The summed E-state index contributed by atoms with van der Waals surface area (Å²) < 4.78 is 0. The summed E-state index contributed by atoms with van der Waals surface area (Å²) in [7, 11) is 0. The first-order valence-corrected chi connectivity index (χ1v) is 6.63. The summed E-state index contributed by atoms with van der Waals surface area (Å²) >= 11 is 0. The monoisotopic (exact) mass is 220 g/mol. The minimum atomic E-state index is 1.13. The van der Waals surface area contributed by atoms with Crippen LogP contribution in [0.25, 0.3) is 11.6 Å². The second-order valence-corrected chi connectivity index (χ2v) is 5.25. The highest BCUT2D eigenvalue weighted by Gasteiger charge is 2.16. The van der Waals surface area contributed by atoms with E-state index in [0.717, 1.165) is 6.42 Å². The first-order chi connectivity index (χ1) is 8.42. The smallest absolute Gasteiger partial charge is 0.00855 e. The molecular weight excluding hydrogens is 204 g/mol. The number of hydrogen-bond donors (Lipinski definition) is 0. The van der Waals surface area contributed by atoms with Crippen LogP contribution in [0.2, 0.25) is 0 Å². The van der Waals surface area contributed by atoms with Crippen LogP contribution >= 0.6 is 0 Å². The van der Waals surface area contributed by atoms with E-state index in [1.165, 1.54) is 30.9 Å². The molecule has 0 aliphatic heterocycles. The molecule has 1 aromatic rings. The number of benzene rings is 1. The van der Waals surface area contributed by atoms with Gasteiger partial charge in [0.1, 0.15) is 0 Å². The second kappa shape index (κ2) is 3.46. The van der Waals surface area contributed by atoms with Crippen molar-refractivity contribution in [1.29, 1.82) is 0 Å². The minimum Gasteiger partial charge on any atom is -0.0801 e. The van der Waals surface area contributed by atoms with E-state index in [4.69, 9.17) is 0 Å². The largest absolute Gasteiger partial charge is 0.0801 e. The number of allylic oxidation sites excluding steroid dienone is 4. The summed E-state index contributed by atoms with van der Waals surface area (Å²) in [5, 5.41) is 3.05. The number of hydrogen-bond acceptors (Lipinski definition) is 0. The normalized spacial score (nSPS) is 20.2. The molecule has 0 spiro atoms. The predicted octanol–water partition coefficient (Wildman–Crippen LogP) is 2.40. The van der Waals surface area contributed by atoms with Gasteiger partial charge in [0, 0.05) is 0 Å². The highest BCUT2D eigenvalue weighted by Crippen LogP contribution is 2.27. The predicted molar refractivity (Wildman–Crippen MR) is 72.0 cm³/mol. The highest BCUT2D eigenvalue weighted by molar-refractivity contribution is 5.70. The molecule has 0 N–H and O–H groups in total. The third-order valence-corrected chi connectivity index (χ3v) is 4.27. The van der Waals surface area contributed by atoms with Gasteiger partial charge in [-0.1, -0.05) is 36.4 Å². The Morgan fingerprint density at radius 2 is 1.94 bits per heavy atom. The van der Waals surface area contributed by atoms with Gasteiger partial charge in [0.05, 0.1) is 0 Å². The maximum Gasteiger partial charge on any atom is -0.00855 e. The van der Waals surface area contributed by atoms with Crippen LogP contribution in [0.15, 0.2) is 35.9 Å². The maximum atomic E-state index is 2.47. The average Bonchev–Trinajstić information content (AvgIpc) is 2.83. The molecule has 3 aliphatic rings. The first kappa shape index (κ1) is 9.47. The van der Waals surface area contributed by atoms with Gasteiger partial charge in [0.2, 0.25) is 0 Å². The molecule has 0 unspecified atom stereocenters. The summed E-state index contributed by atoms with van der Waals surface area (Å²) in [5.41, 5.74) is 6.29. The van der Waals surface area contributed by atoms with Crippen LogP contribution in [0.1, 0.15) is 30.4 Å². The molecule has 3 aliphatic carbocycles. The van der Waals surface area contributed by atoms with Crippen molar-refractivity contribution in [1.82, 2.24) is 0 Å². The Kier molecular flexibility index (Phi) is 1.93. The molecule has 1 aromatic carbocycles. The molecular formula is C17H16. The van der Waals surface area contributed by atoms with Crippen LogP contribution in [0.4, 0.5) is 0 Å². The Bertz CT molecular complexity index is 669. The van der Waals surface area contributed by atoms with Gasteiger partial charge >= 0.3 is 0 Å². The fourth-order valence-corrected chi connectivity index (χ4v) is 3.37. The van der Waals surface area contributed by atoms with Crippen LogP contribution in [-0.4, -0.2) is 0 Å². The molecule has 0 saturated heterocycles. The van der Waals surface area contributed by atoms with Crippen LogP contribution < -0.4 is 10.4 Å². The number of fused-ring (bicyclic) bond motifs is 3. The van der Waals surface area contributed by atoms with E-state index in [2.05, 4.69) is 36.4 Å². The van der Waals surface area contributed by atoms with Crippen molar-refractivity contribution in [2.75, 3.05) is 0 Å². The van der Waals surface area contributed by atoms with E-state index in [0.29, 0.717) is 0 Å². The summed E-state index contributed by atoms with van der Waals surface area (Å²) in [6, 6.07) is 4.91. The maximum absolute atomic E-state index is 2.47. The van der Waals surface area contributed by atoms with Gasteiger partial charge in [-0.3, -0.25) is 0 Å². The molecule has 17 heavy (non-hydrogen) atoms. The van der Waals surface area contributed by atoms with Crippen molar-refractivity contribution in [2.45, 2.75) is 32.1 Å². The molecule has 0 bridgehead atoms. The number of rotatable bonds is 0. The molecule has 84 valence electrons. The van der Waals surface area contributed by atoms with Crippen molar-refractivity contribution < 1.29 is 0 Å². The zero-order valence-electron chi connectivity index (χ0n) is 10.00. The van der Waals surface area contributed by atoms with E-state index in [-0.39, 0.29) is 0 Å². The van der Waals surface area contributed by atoms with Gasteiger partial charge in [-0.05, 0) is 64.8 Å². The van der Waals surface area contributed by atoms with E-state index < -0.39 is 0 Å². The topological polar surface area (TPSA) is 0 Å². The molecule has 4 rings (SSSR count). The standard InChI is InChI=1S/C17H16/c1-2-7-16-12(4-1)8-9-15-10-13-5-3-6-14(13)11-17(15)16/h1-2,4-5,10-11H,3,6-9H2. The van der Waals surface area contributed by atoms with Gasteiger partial charge in [0.15, 0.2) is 0 Å². The van der Waals surface area contributed by atoms with Crippen LogP contribution in [0.3, 0.4) is 0 Å². The third kappa shape index (κ3) is 1.37. The molecule has 0 radical (unpaired) electrons. The van der Waals surface area contributed by atoms with Crippen LogP contribution in [0.5, 0.6) is 0 Å². The fraction of sp³-hybridized carbons (Fsp3) is 0.294. The quantitative estimate of drug-likeness (QED) is 0.630. The lowest BCUT2D eigenvalue weighted by molar-refractivity contribution is 0.915. The highest BCUT2D eigenvalue weighted by atomic mass is 14.2. The van der Waals surface area contributed by atoms with Gasteiger partial charge in [-0.15, -0.1) is 0 Å². The van der Waals surface area contributed by atoms with Gasteiger partial charge in [0.25, 0.3) is 0 Å². The zero-order chi connectivity index (χ0) is 11.2. The lowest BCUT2D eigenvalue weighted by Gasteiger charge is -2.21. The lowest BCUT2D eigenvalue weighted by atomic mass is 9.84. The van der Waals surface area contributed by atoms with Crippen molar-refractivity contribution in [3.05, 3.63) is 57.5 Å². The van der Waals surface area contributed by atoms with E-state index in [1.54, 1.807) is 27.5 Å². The van der Waals surface area contributed by atoms with Gasteiger partial charge in [-0.2, -0.15) is 0 Å². The molecule has 0 heterocycles. The van der Waals surface area contributed by atoms with Crippen LogP contribution in [-0.2, 0) is 12.8 Å². The molecule has 0 heteroatoms. The molecule has 0 aromatic heterocycles. The third-order valence-electron chi connectivity index (χ3n) is 4.27. The first-order valence-electron chi connectivity index (χ1n) is 6.63. The fourth-order valence-electron chi connectivity index (χ4n) is 3.37. The van der Waals surface area contributed by atoms with Crippen LogP contribution in [0, 0.1) is 0 Å². The zero-order valence-corrected chi connectivity index (χ0v) is 10.00. The molecule has 0 nitrogen and oxygen atoms in total. The van der Waals surface area contributed by atoms with Gasteiger partial charge < -0.3 is 0 Å². The summed E-state index contributed by atoms with van der Waals surface area (Å²) in [6.45, 7) is 0. The molecule has 0 amide bonds. The number of aryl methyl sites for hydroxylation is 2. The Balaban J connectivity index is 2.07. The molecule has 0 fully saturated rings. The minimum absolute atomic E-state index is 1.13. The average molecular weight is 220 g/mol. The van der Waals surface area contributed by atoms with E-state index >= 15 is 0 Å². The Morgan fingerprint density at radius 1 is 0.941 bits per heavy atom. The molecule has 0 saturated carbocycles. The van der Waals surface area contributed by atoms with E-state index in [1.807, 2.05) is 0 Å². The Morgan fingerprint density at radius 3 is 2.94 bits per heavy atom. The van der Waals surface area contributed by atoms with Crippen molar-refractivity contribution in [2.24, 2.45) is 0 Å². The van der Waals surface area contributed by atoms with Crippen molar-refractivity contribution >= 4 is 11.6 Å². The lowest BCUT2D eigenvalue weighted by Crippen LogP contribution is -2.24. The van der Waals surface area contributed by atoms with Gasteiger partial charge in [-0.25, -0.2) is 0 Å². The van der Waals surface area contributed by atoms with E-state index in [9.17, 15) is 0 Å². The Labute approximate surface area is 102 Å². The SMILES string of the molecule is C1=CCC2=c3cc4c(cc3CCC2=C1)=CCC4. The molecule has 0 atom stereocenters. The van der Waals surface area contributed by atoms with Crippen molar-refractivity contribution in [3.8, 4) is 0 Å². The summed E-state index contributed by atoms with van der Waals surface area (Å²) in [4.78, 5) is 0. The second-order valence-electron chi connectivity index (χ2n) is 5.25. The van der Waals surface area contributed by atoms with Crippen molar-refractivity contribution in [3.63, 3.8) is 0 Å². The summed E-state index contributed by atoms with van der Waals surface area (Å²) in [5.74, 6) is 0. The Hall–Kier alpha value is -1.56.